The monoisotopic (exact) mass is 425 g/mol. The molecule has 1 aliphatic carbocycles. The van der Waals surface area contributed by atoms with Crippen LogP contribution in [0.15, 0.2) is 24.3 Å². The van der Waals surface area contributed by atoms with Gasteiger partial charge in [0.25, 0.3) is 5.91 Å². The fourth-order valence-corrected chi connectivity index (χ4v) is 4.38. The van der Waals surface area contributed by atoms with Crippen molar-refractivity contribution in [2.75, 3.05) is 24.5 Å². The fraction of sp³-hybridized carbons (Fsp3) is 0.524. The van der Waals surface area contributed by atoms with Crippen LogP contribution in [0.2, 0.25) is 5.02 Å². The van der Waals surface area contributed by atoms with Crippen LogP contribution in [-0.4, -0.2) is 42.6 Å². The van der Waals surface area contributed by atoms with Crippen LogP contribution in [0, 0.1) is 5.92 Å². The molecule has 4 nitrogen and oxygen atoms in total. The van der Waals surface area contributed by atoms with Crippen molar-refractivity contribution in [1.82, 2.24) is 10.3 Å². The second-order valence-electron chi connectivity index (χ2n) is 8.00. The van der Waals surface area contributed by atoms with Gasteiger partial charge in [0.1, 0.15) is 12.0 Å². The molecule has 1 amide bonds. The molecule has 8 heteroatoms. The number of nitrogens with zero attached hydrogens (tertiary/aromatic N) is 2. The number of hydrogen-bond donors (Lipinski definition) is 1. The van der Waals surface area contributed by atoms with Gasteiger partial charge in [0.15, 0.2) is 0 Å². The van der Waals surface area contributed by atoms with E-state index in [9.17, 15) is 18.0 Å². The molecule has 0 bridgehead atoms. The Morgan fingerprint density at radius 1 is 1.21 bits per heavy atom. The van der Waals surface area contributed by atoms with Gasteiger partial charge in [-0.3, -0.25) is 4.79 Å². The molecule has 156 valence electrons. The van der Waals surface area contributed by atoms with E-state index in [1.165, 1.54) is 0 Å². The summed E-state index contributed by atoms with van der Waals surface area (Å²) in [4.78, 5) is 19.3. The first-order valence-electron chi connectivity index (χ1n) is 9.97. The van der Waals surface area contributed by atoms with E-state index in [2.05, 4.69) is 10.3 Å². The largest absolute Gasteiger partial charge is 0.354 e. The lowest BCUT2D eigenvalue weighted by Crippen LogP contribution is -2.34. The minimum atomic E-state index is -2.58. The average molecular weight is 426 g/mol. The summed E-state index contributed by atoms with van der Waals surface area (Å²) in [6.45, 7) is 1.28. The zero-order valence-electron chi connectivity index (χ0n) is 15.9. The maximum Gasteiger partial charge on any atom is 0.253 e. The standard InChI is InChI=1S/C21H23ClF3N3O/c22-16-2-3-17-15(1-4-18(27-17)28-10-7-14(23)12-28)19(16)20(29)26-11-13-5-8-21(24,25)9-6-13/h1-4,13-14H,5-12H2,(H,26,29)/t14-/m1/s1. The van der Waals surface area contributed by atoms with Gasteiger partial charge in [0, 0.05) is 31.3 Å². The average Bonchev–Trinajstić information content (AvgIpc) is 3.13. The molecule has 29 heavy (non-hydrogen) atoms. The third kappa shape index (κ3) is 4.44. The summed E-state index contributed by atoms with van der Waals surface area (Å²) < 4.78 is 40.1. The first-order valence-corrected chi connectivity index (χ1v) is 10.3. The van der Waals surface area contributed by atoms with E-state index >= 15 is 0 Å². The Kier molecular flexibility index (Phi) is 5.60. The molecule has 1 saturated carbocycles. The molecule has 2 fully saturated rings. The van der Waals surface area contributed by atoms with E-state index in [1.807, 2.05) is 4.90 Å². The number of alkyl halides is 3. The molecule has 1 aliphatic heterocycles. The third-order valence-corrected chi connectivity index (χ3v) is 6.19. The van der Waals surface area contributed by atoms with E-state index in [0.717, 1.165) is 0 Å². The van der Waals surface area contributed by atoms with Crippen molar-refractivity contribution in [2.24, 2.45) is 5.92 Å². The summed E-state index contributed by atoms with van der Waals surface area (Å²) in [6, 6.07) is 6.92. The highest BCUT2D eigenvalue weighted by Crippen LogP contribution is 2.36. The number of amides is 1. The normalized spacial score (nSPS) is 22.2. The molecule has 1 aromatic carbocycles. The molecule has 0 radical (unpaired) electrons. The van der Waals surface area contributed by atoms with Gasteiger partial charge in [-0.15, -0.1) is 0 Å². The number of nitrogens with one attached hydrogen (secondary N) is 1. The number of halogens is 4. The molecule has 1 aromatic heterocycles. The first kappa shape index (κ1) is 20.3. The lowest BCUT2D eigenvalue weighted by Gasteiger charge is -2.28. The summed E-state index contributed by atoms with van der Waals surface area (Å²) >= 11 is 6.30. The minimum Gasteiger partial charge on any atom is -0.354 e. The van der Waals surface area contributed by atoms with Crippen molar-refractivity contribution < 1.29 is 18.0 Å². The van der Waals surface area contributed by atoms with E-state index in [-0.39, 0.29) is 24.7 Å². The topological polar surface area (TPSA) is 45.2 Å². The maximum absolute atomic E-state index is 13.5. The molecular formula is C21H23ClF3N3O. The van der Waals surface area contributed by atoms with Crippen LogP contribution in [0.25, 0.3) is 10.9 Å². The Morgan fingerprint density at radius 2 is 1.97 bits per heavy atom. The molecule has 2 aromatic rings. The van der Waals surface area contributed by atoms with Crippen LogP contribution in [0.3, 0.4) is 0 Å². The number of carbonyl (C=O) groups excluding carboxylic acids is 1. The zero-order valence-corrected chi connectivity index (χ0v) is 16.7. The quantitative estimate of drug-likeness (QED) is 0.750. The van der Waals surface area contributed by atoms with Crippen LogP contribution < -0.4 is 10.2 Å². The molecule has 2 aliphatic rings. The predicted molar refractivity (Wildman–Crippen MR) is 108 cm³/mol. The number of hydrogen-bond acceptors (Lipinski definition) is 3. The molecule has 1 saturated heterocycles. The highest BCUT2D eigenvalue weighted by atomic mass is 35.5. The van der Waals surface area contributed by atoms with Gasteiger partial charge in [-0.1, -0.05) is 11.6 Å². The molecular weight excluding hydrogens is 403 g/mol. The number of anilines is 1. The highest BCUT2D eigenvalue weighted by Gasteiger charge is 2.35. The predicted octanol–water partition coefficient (Wildman–Crippen LogP) is 4.99. The summed E-state index contributed by atoms with van der Waals surface area (Å²) in [6.07, 6.45) is 0.163. The lowest BCUT2D eigenvalue weighted by molar-refractivity contribution is -0.0452. The van der Waals surface area contributed by atoms with Crippen molar-refractivity contribution in [3.8, 4) is 0 Å². The molecule has 1 N–H and O–H groups in total. The van der Waals surface area contributed by atoms with Crippen LogP contribution in [0.1, 0.15) is 42.5 Å². The highest BCUT2D eigenvalue weighted by molar-refractivity contribution is 6.35. The smallest absolute Gasteiger partial charge is 0.253 e. The van der Waals surface area contributed by atoms with Crippen LogP contribution in [-0.2, 0) is 0 Å². The Bertz CT molecular complexity index is 913. The molecule has 4 rings (SSSR count). The second-order valence-corrected chi connectivity index (χ2v) is 8.41. The number of carbonyl (C=O) groups is 1. The Morgan fingerprint density at radius 3 is 2.66 bits per heavy atom. The maximum atomic E-state index is 13.5. The lowest BCUT2D eigenvalue weighted by atomic mass is 9.87. The van der Waals surface area contributed by atoms with Crippen molar-refractivity contribution in [3.63, 3.8) is 0 Å². The molecule has 1 atom stereocenters. The second kappa shape index (κ2) is 8.01. The number of rotatable bonds is 4. The summed E-state index contributed by atoms with van der Waals surface area (Å²) in [5, 5.41) is 3.77. The van der Waals surface area contributed by atoms with Crippen LogP contribution in [0.5, 0.6) is 0 Å². The summed E-state index contributed by atoms with van der Waals surface area (Å²) in [7, 11) is 0. The van der Waals surface area contributed by atoms with Gasteiger partial charge in [-0.05, 0) is 49.4 Å². The van der Waals surface area contributed by atoms with Crippen molar-refractivity contribution in [2.45, 2.75) is 44.2 Å². The van der Waals surface area contributed by atoms with Crippen molar-refractivity contribution >= 4 is 34.2 Å². The Balaban J connectivity index is 1.50. The number of pyridine rings is 1. The Labute approximate surface area is 172 Å². The van der Waals surface area contributed by atoms with Crippen molar-refractivity contribution in [1.29, 1.82) is 0 Å². The van der Waals surface area contributed by atoms with Gasteiger partial charge in [0.05, 0.1) is 22.6 Å². The van der Waals surface area contributed by atoms with E-state index in [4.69, 9.17) is 11.6 Å². The summed E-state index contributed by atoms with van der Waals surface area (Å²) in [5.74, 6) is -2.20. The van der Waals surface area contributed by atoms with E-state index in [1.54, 1.807) is 24.3 Å². The fourth-order valence-electron chi connectivity index (χ4n) is 4.13. The number of aromatic nitrogens is 1. The first-order chi connectivity index (χ1) is 13.8. The zero-order chi connectivity index (χ0) is 20.6. The van der Waals surface area contributed by atoms with Gasteiger partial charge in [0.2, 0.25) is 5.92 Å². The van der Waals surface area contributed by atoms with Gasteiger partial charge >= 0.3 is 0 Å². The van der Waals surface area contributed by atoms with Gasteiger partial charge in [-0.2, -0.15) is 0 Å². The van der Waals surface area contributed by atoms with Crippen molar-refractivity contribution in [3.05, 3.63) is 34.9 Å². The third-order valence-electron chi connectivity index (χ3n) is 5.88. The SMILES string of the molecule is O=C(NCC1CCC(F)(F)CC1)c1c(Cl)ccc2nc(N3CC[C@@H](F)C3)ccc12. The number of benzene rings is 1. The Hall–Kier alpha value is -2.02. The minimum absolute atomic E-state index is 0.0425. The van der Waals surface area contributed by atoms with Gasteiger partial charge < -0.3 is 10.2 Å². The molecule has 0 unspecified atom stereocenters. The summed E-state index contributed by atoms with van der Waals surface area (Å²) in [5.41, 5.74) is 0.936. The molecule has 2 heterocycles. The number of fused-ring (bicyclic) bond motifs is 1. The van der Waals surface area contributed by atoms with Crippen LogP contribution >= 0.6 is 11.6 Å². The van der Waals surface area contributed by atoms with E-state index in [0.29, 0.717) is 66.2 Å². The van der Waals surface area contributed by atoms with Gasteiger partial charge in [-0.25, -0.2) is 18.2 Å². The van der Waals surface area contributed by atoms with Crippen LogP contribution in [0.4, 0.5) is 19.0 Å². The van der Waals surface area contributed by atoms with E-state index < -0.39 is 12.1 Å². The molecule has 0 spiro atoms.